The van der Waals surface area contributed by atoms with Crippen LogP contribution in [0.2, 0.25) is 0 Å². The number of rotatable bonds is 3. The van der Waals surface area contributed by atoms with Gasteiger partial charge in [-0.2, -0.15) is 0 Å². The molecule has 3 aromatic rings. The fraction of sp³-hybridized carbons (Fsp3) is 0.273. The number of carbonyl (C=O) groups is 2. The van der Waals surface area contributed by atoms with Gasteiger partial charge in [0.05, 0.1) is 11.2 Å². The lowest BCUT2D eigenvalue weighted by Crippen LogP contribution is -2.19. The standard InChI is InChI=1S/C22H21F2N3O3/c23-13-9-10-15(24)16(11-13)26-20(28)19-18-14(12-5-2-1-3-6-12)7-4-8-17(18)27(21(19)29)22(25)30/h4,7-12,29H,1-3,5-6H2,(H2,25,30)(H,26,28). The van der Waals surface area contributed by atoms with Gasteiger partial charge < -0.3 is 16.2 Å². The number of hydrogen-bond donors (Lipinski definition) is 3. The van der Waals surface area contributed by atoms with Crippen LogP contribution in [0.3, 0.4) is 0 Å². The van der Waals surface area contributed by atoms with Crippen molar-refractivity contribution in [1.29, 1.82) is 0 Å². The smallest absolute Gasteiger partial charge is 0.326 e. The number of hydrogen-bond acceptors (Lipinski definition) is 3. The van der Waals surface area contributed by atoms with Gasteiger partial charge in [0.1, 0.15) is 17.2 Å². The van der Waals surface area contributed by atoms with Crippen molar-refractivity contribution in [2.75, 3.05) is 5.32 Å². The normalized spacial score (nSPS) is 14.7. The van der Waals surface area contributed by atoms with Crippen LogP contribution in [0.25, 0.3) is 10.9 Å². The molecule has 2 aromatic carbocycles. The number of amides is 2. The van der Waals surface area contributed by atoms with Crippen LogP contribution in [0.1, 0.15) is 53.9 Å². The van der Waals surface area contributed by atoms with E-state index in [2.05, 4.69) is 5.32 Å². The van der Waals surface area contributed by atoms with Crippen LogP contribution in [-0.2, 0) is 0 Å². The number of anilines is 1. The zero-order chi connectivity index (χ0) is 21.4. The summed E-state index contributed by atoms with van der Waals surface area (Å²) in [6.07, 6.45) is 5.05. The first kappa shape index (κ1) is 19.9. The van der Waals surface area contributed by atoms with E-state index in [0.29, 0.717) is 10.9 Å². The number of aromatic hydroxyl groups is 1. The van der Waals surface area contributed by atoms with Crippen LogP contribution < -0.4 is 11.1 Å². The minimum atomic E-state index is -0.950. The Balaban J connectivity index is 1.89. The highest BCUT2D eigenvalue weighted by molar-refractivity contribution is 6.17. The number of nitrogens with two attached hydrogens (primary N) is 1. The fourth-order valence-corrected chi connectivity index (χ4v) is 4.32. The average Bonchev–Trinajstić information content (AvgIpc) is 3.03. The van der Waals surface area contributed by atoms with Gasteiger partial charge in [-0.05, 0) is 42.5 Å². The highest BCUT2D eigenvalue weighted by Gasteiger charge is 2.29. The molecule has 156 valence electrons. The summed E-state index contributed by atoms with van der Waals surface area (Å²) < 4.78 is 28.4. The number of primary amides is 1. The largest absolute Gasteiger partial charge is 0.494 e. The molecule has 0 saturated heterocycles. The van der Waals surface area contributed by atoms with Gasteiger partial charge in [-0.1, -0.05) is 31.4 Å². The van der Waals surface area contributed by atoms with E-state index in [9.17, 15) is 23.5 Å². The number of nitrogens with zero attached hydrogens (tertiary/aromatic N) is 1. The van der Waals surface area contributed by atoms with Crippen LogP contribution in [-0.4, -0.2) is 21.6 Å². The number of benzene rings is 2. The van der Waals surface area contributed by atoms with Gasteiger partial charge >= 0.3 is 6.03 Å². The van der Waals surface area contributed by atoms with Crippen LogP contribution >= 0.6 is 0 Å². The summed E-state index contributed by atoms with van der Waals surface area (Å²) in [4.78, 5) is 25.1. The monoisotopic (exact) mass is 413 g/mol. The summed E-state index contributed by atoms with van der Waals surface area (Å²) in [5.74, 6) is -2.88. The topological polar surface area (TPSA) is 97.3 Å². The van der Waals surface area contributed by atoms with Gasteiger partial charge in [0, 0.05) is 11.5 Å². The zero-order valence-corrected chi connectivity index (χ0v) is 16.1. The van der Waals surface area contributed by atoms with Crippen LogP contribution in [0.4, 0.5) is 19.3 Å². The maximum atomic E-state index is 14.0. The van der Waals surface area contributed by atoms with Crippen molar-refractivity contribution in [3.63, 3.8) is 0 Å². The third-order valence-electron chi connectivity index (χ3n) is 5.67. The fourth-order valence-electron chi connectivity index (χ4n) is 4.32. The SMILES string of the molecule is NC(=O)n1c(O)c(C(=O)Nc2cc(F)ccc2F)c2c(C3CCCCC3)cccc21. The first-order valence-corrected chi connectivity index (χ1v) is 9.81. The molecule has 8 heteroatoms. The summed E-state index contributed by atoms with van der Waals surface area (Å²) >= 11 is 0. The van der Waals surface area contributed by atoms with E-state index in [1.54, 1.807) is 12.1 Å². The summed E-state index contributed by atoms with van der Waals surface area (Å²) in [6.45, 7) is 0. The molecule has 0 aliphatic heterocycles. The molecule has 0 spiro atoms. The van der Waals surface area contributed by atoms with Crippen molar-refractivity contribution in [3.05, 3.63) is 59.2 Å². The molecule has 1 aliphatic carbocycles. The summed E-state index contributed by atoms with van der Waals surface area (Å²) in [6, 6.07) is 6.93. The molecule has 0 atom stereocenters. The van der Waals surface area contributed by atoms with Gasteiger partial charge in [0.2, 0.25) is 5.88 Å². The zero-order valence-electron chi connectivity index (χ0n) is 16.1. The van der Waals surface area contributed by atoms with E-state index in [0.717, 1.165) is 60.4 Å². The molecule has 1 aromatic heterocycles. The van der Waals surface area contributed by atoms with Crippen molar-refractivity contribution in [1.82, 2.24) is 4.57 Å². The molecule has 6 nitrogen and oxygen atoms in total. The molecule has 0 unspecified atom stereocenters. The molecule has 1 fully saturated rings. The molecular weight excluding hydrogens is 392 g/mol. The van der Waals surface area contributed by atoms with Gasteiger partial charge in [-0.25, -0.2) is 18.1 Å². The van der Waals surface area contributed by atoms with E-state index >= 15 is 0 Å². The maximum Gasteiger partial charge on any atom is 0.326 e. The lowest BCUT2D eigenvalue weighted by atomic mass is 9.82. The van der Waals surface area contributed by atoms with Gasteiger partial charge in [-0.3, -0.25) is 4.79 Å². The second kappa shape index (κ2) is 7.78. The lowest BCUT2D eigenvalue weighted by molar-refractivity contribution is 0.102. The van der Waals surface area contributed by atoms with Gasteiger partial charge in [0.15, 0.2) is 0 Å². The predicted octanol–water partition coefficient (Wildman–Crippen LogP) is 4.85. The molecule has 4 rings (SSSR count). The Labute approximate surface area is 171 Å². The maximum absolute atomic E-state index is 14.0. The Hall–Kier alpha value is -3.42. The average molecular weight is 413 g/mol. The van der Waals surface area contributed by atoms with E-state index in [4.69, 9.17) is 5.73 Å². The third-order valence-corrected chi connectivity index (χ3v) is 5.67. The second-order valence-corrected chi connectivity index (χ2v) is 7.53. The first-order valence-electron chi connectivity index (χ1n) is 9.81. The first-order chi connectivity index (χ1) is 14.4. The molecule has 0 radical (unpaired) electrons. The van der Waals surface area contributed by atoms with Crippen molar-refractivity contribution in [2.24, 2.45) is 5.73 Å². The number of nitrogens with one attached hydrogen (secondary N) is 1. The number of aromatic nitrogens is 1. The minimum Gasteiger partial charge on any atom is -0.494 e. The number of halogens is 2. The molecule has 1 heterocycles. The Morgan fingerprint density at radius 3 is 2.53 bits per heavy atom. The minimum absolute atomic E-state index is 0.156. The lowest BCUT2D eigenvalue weighted by Gasteiger charge is -2.23. The van der Waals surface area contributed by atoms with E-state index in [1.807, 2.05) is 6.07 Å². The highest BCUT2D eigenvalue weighted by atomic mass is 19.1. The number of fused-ring (bicyclic) bond motifs is 1. The van der Waals surface area contributed by atoms with Crippen molar-refractivity contribution in [2.45, 2.75) is 38.0 Å². The van der Waals surface area contributed by atoms with Crippen LogP contribution in [0.15, 0.2) is 36.4 Å². The summed E-state index contributed by atoms with van der Waals surface area (Å²) in [7, 11) is 0. The van der Waals surface area contributed by atoms with Crippen molar-refractivity contribution in [3.8, 4) is 5.88 Å². The molecule has 4 N–H and O–H groups in total. The summed E-state index contributed by atoms with van der Waals surface area (Å²) in [5.41, 5.74) is 6.01. The van der Waals surface area contributed by atoms with Gasteiger partial charge in [0.25, 0.3) is 5.91 Å². The van der Waals surface area contributed by atoms with E-state index in [-0.39, 0.29) is 17.2 Å². The van der Waals surface area contributed by atoms with Gasteiger partial charge in [-0.15, -0.1) is 0 Å². The molecule has 2 amide bonds. The Morgan fingerprint density at radius 1 is 1.10 bits per heavy atom. The van der Waals surface area contributed by atoms with Crippen molar-refractivity contribution >= 4 is 28.5 Å². The molecule has 1 aliphatic rings. The Bertz CT molecular complexity index is 1150. The third kappa shape index (κ3) is 3.38. The molecule has 30 heavy (non-hydrogen) atoms. The van der Waals surface area contributed by atoms with E-state index in [1.165, 1.54) is 0 Å². The summed E-state index contributed by atoms with van der Waals surface area (Å²) in [5, 5.41) is 13.4. The van der Waals surface area contributed by atoms with E-state index < -0.39 is 29.5 Å². The highest BCUT2D eigenvalue weighted by Crippen LogP contribution is 2.41. The molecule has 0 bridgehead atoms. The van der Waals surface area contributed by atoms with Crippen molar-refractivity contribution < 1.29 is 23.5 Å². The molecule has 1 saturated carbocycles. The number of carbonyl (C=O) groups excluding carboxylic acids is 2. The quantitative estimate of drug-likeness (QED) is 0.572. The Kier molecular flexibility index (Phi) is 5.15. The Morgan fingerprint density at radius 2 is 1.83 bits per heavy atom. The van der Waals surface area contributed by atoms with Crippen LogP contribution in [0, 0.1) is 11.6 Å². The second-order valence-electron chi connectivity index (χ2n) is 7.53. The van der Waals surface area contributed by atoms with Crippen LogP contribution in [0.5, 0.6) is 5.88 Å². The predicted molar refractivity (Wildman–Crippen MR) is 109 cm³/mol. The molecular formula is C22H21F2N3O3.